The summed E-state index contributed by atoms with van der Waals surface area (Å²) in [6.07, 6.45) is 6.09. The van der Waals surface area contributed by atoms with Gasteiger partial charge in [-0.1, -0.05) is 24.3 Å². The minimum absolute atomic E-state index is 0.0186. The van der Waals surface area contributed by atoms with Crippen LogP contribution in [0.2, 0.25) is 0 Å². The van der Waals surface area contributed by atoms with Crippen LogP contribution in [0.3, 0.4) is 0 Å². The normalized spacial score (nSPS) is 16.3. The van der Waals surface area contributed by atoms with E-state index in [1.54, 1.807) is 24.5 Å². The Morgan fingerprint density at radius 1 is 1.07 bits per heavy atom. The fourth-order valence-electron chi connectivity index (χ4n) is 3.77. The third-order valence-electron chi connectivity index (χ3n) is 5.18. The second-order valence-corrected chi connectivity index (χ2v) is 7.10. The van der Waals surface area contributed by atoms with Crippen LogP contribution in [-0.4, -0.2) is 27.3 Å². The molecule has 0 saturated carbocycles. The lowest BCUT2D eigenvalue weighted by Crippen LogP contribution is -2.32. The van der Waals surface area contributed by atoms with Gasteiger partial charge in [0.15, 0.2) is 0 Å². The molecule has 3 heterocycles. The molecule has 1 aliphatic rings. The maximum Gasteiger partial charge on any atom is 0.227 e. The first-order valence-corrected chi connectivity index (χ1v) is 9.58. The van der Waals surface area contributed by atoms with E-state index in [0.717, 1.165) is 36.3 Å². The number of amides is 1. The average molecular weight is 375 g/mol. The van der Waals surface area contributed by atoms with Crippen LogP contribution in [0.25, 0.3) is 0 Å². The van der Waals surface area contributed by atoms with Crippen molar-refractivity contribution in [2.75, 3.05) is 6.54 Å². The minimum Gasteiger partial charge on any atom is -0.334 e. The molecule has 1 amide bonds. The fourth-order valence-corrected chi connectivity index (χ4v) is 3.77. The summed E-state index contributed by atoms with van der Waals surface area (Å²) in [4.78, 5) is 23.5. The molecule has 0 radical (unpaired) electrons. The third-order valence-corrected chi connectivity index (χ3v) is 5.18. The Hall–Kier alpha value is -3.08. The highest BCUT2D eigenvalue weighted by molar-refractivity contribution is 5.79. The van der Waals surface area contributed by atoms with E-state index in [1.807, 2.05) is 41.3 Å². The molecule has 1 saturated heterocycles. The van der Waals surface area contributed by atoms with Crippen molar-refractivity contribution in [2.24, 2.45) is 0 Å². The Bertz CT molecular complexity index is 961. The van der Waals surface area contributed by atoms with Gasteiger partial charge in [0.1, 0.15) is 5.82 Å². The molecule has 2 aromatic heterocycles. The van der Waals surface area contributed by atoms with Crippen molar-refractivity contribution in [2.45, 2.75) is 31.7 Å². The van der Waals surface area contributed by atoms with Crippen molar-refractivity contribution >= 4 is 5.91 Å². The summed E-state index contributed by atoms with van der Waals surface area (Å²) in [6.45, 7) is 0.744. The predicted octanol–water partition coefficient (Wildman–Crippen LogP) is 4.11. The topological polar surface area (TPSA) is 46.1 Å². The number of halogens is 1. The number of rotatable bonds is 5. The second kappa shape index (κ2) is 8.30. The Labute approximate surface area is 164 Å². The molecule has 1 atom stereocenters. The van der Waals surface area contributed by atoms with Gasteiger partial charge in [-0.3, -0.25) is 14.8 Å². The first-order valence-electron chi connectivity index (χ1n) is 9.58. The Morgan fingerprint density at radius 2 is 1.89 bits per heavy atom. The zero-order valence-corrected chi connectivity index (χ0v) is 15.6. The Morgan fingerprint density at radius 3 is 2.71 bits per heavy atom. The number of likely N-dealkylation sites (tertiary alicyclic amines) is 1. The maximum absolute atomic E-state index is 14.0. The van der Waals surface area contributed by atoms with Crippen LogP contribution in [0, 0.1) is 5.82 Å². The van der Waals surface area contributed by atoms with E-state index in [2.05, 4.69) is 4.98 Å². The highest BCUT2D eigenvalue weighted by atomic mass is 19.1. The number of nitrogens with zero attached hydrogens (tertiary/aromatic N) is 3. The molecule has 4 nitrogen and oxygen atoms in total. The van der Waals surface area contributed by atoms with Crippen molar-refractivity contribution in [1.29, 1.82) is 0 Å². The minimum atomic E-state index is -0.218. The molecule has 4 rings (SSSR count). The third kappa shape index (κ3) is 4.09. The first-order chi connectivity index (χ1) is 13.7. The van der Waals surface area contributed by atoms with Crippen LogP contribution >= 0.6 is 0 Å². The SMILES string of the molecule is O=C(Cc1ccncc1)N1CCC[C@H]1c1cccc(Cc2ccccc2F)n1. The number of hydrogen-bond donors (Lipinski definition) is 0. The van der Waals surface area contributed by atoms with Gasteiger partial charge in [-0.2, -0.15) is 0 Å². The monoisotopic (exact) mass is 375 g/mol. The molecular weight excluding hydrogens is 353 g/mol. The maximum atomic E-state index is 14.0. The van der Waals surface area contributed by atoms with Gasteiger partial charge in [0.2, 0.25) is 5.91 Å². The summed E-state index contributed by atoms with van der Waals surface area (Å²) in [5.74, 6) is -0.111. The van der Waals surface area contributed by atoms with E-state index in [4.69, 9.17) is 4.98 Å². The van der Waals surface area contributed by atoms with Gasteiger partial charge in [-0.15, -0.1) is 0 Å². The van der Waals surface area contributed by atoms with E-state index in [1.165, 1.54) is 6.07 Å². The highest BCUT2D eigenvalue weighted by Crippen LogP contribution is 2.31. The summed E-state index contributed by atoms with van der Waals surface area (Å²) in [7, 11) is 0. The molecule has 1 aliphatic heterocycles. The van der Waals surface area contributed by atoms with E-state index in [9.17, 15) is 9.18 Å². The van der Waals surface area contributed by atoms with Crippen LogP contribution in [-0.2, 0) is 17.6 Å². The van der Waals surface area contributed by atoms with Crippen LogP contribution in [0.1, 0.15) is 41.4 Å². The Kier molecular flexibility index (Phi) is 5.42. The number of benzene rings is 1. The zero-order valence-electron chi connectivity index (χ0n) is 15.6. The molecule has 5 heteroatoms. The van der Waals surface area contributed by atoms with Crippen LogP contribution in [0.4, 0.5) is 4.39 Å². The predicted molar refractivity (Wildman–Crippen MR) is 105 cm³/mol. The van der Waals surface area contributed by atoms with Gasteiger partial charge in [0.25, 0.3) is 0 Å². The zero-order chi connectivity index (χ0) is 19.3. The first kappa shape index (κ1) is 18.3. The summed E-state index contributed by atoms with van der Waals surface area (Å²) < 4.78 is 14.0. The second-order valence-electron chi connectivity index (χ2n) is 7.10. The van der Waals surface area contributed by atoms with E-state index >= 15 is 0 Å². The van der Waals surface area contributed by atoms with Crippen LogP contribution in [0.15, 0.2) is 67.0 Å². The smallest absolute Gasteiger partial charge is 0.227 e. The Balaban J connectivity index is 1.51. The molecule has 0 bridgehead atoms. The largest absolute Gasteiger partial charge is 0.334 e. The average Bonchev–Trinajstić information content (AvgIpc) is 3.21. The molecule has 1 fully saturated rings. The van der Waals surface area contributed by atoms with Crippen molar-refractivity contribution in [3.8, 4) is 0 Å². The number of carbonyl (C=O) groups excluding carboxylic acids is 1. The van der Waals surface area contributed by atoms with Crippen molar-refractivity contribution in [3.63, 3.8) is 0 Å². The molecule has 0 aliphatic carbocycles. The van der Waals surface area contributed by atoms with Crippen molar-refractivity contribution < 1.29 is 9.18 Å². The number of aromatic nitrogens is 2. The van der Waals surface area contributed by atoms with Crippen LogP contribution < -0.4 is 0 Å². The van der Waals surface area contributed by atoms with Gasteiger partial charge in [-0.25, -0.2) is 4.39 Å². The molecule has 142 valence electrons. The lowest BCUT2D eigenvalue weighted by Gasteiger charge is -2.25. The van der Waals surface area contributed by atoms with E-state index < -0.39 is 0 Å². The lowest BCUT2D eigenvalue weighted by molar-refractivity contribution is -0.131. The molecule has 0 unspecified atom stereocenters. The lowest BCUT2D eigenvalue weighted by atomic mass is 10.1. The fraction of sp³-hybridized carbons (Fsp3) is 0.261. The van der Waals surface area contributed by atoms with Gasteiger partial charge < -0.3 is 4.90 Å². The molecule has 0 N–H and O–H groups in total. The summed E-state index contributed by atoms with van der Waals surface area (Å²) in [5, 5.41) is 0. The van der Waals surface area contributed by atoms with Gasteiger partial charge in [-0.05, 0) is 54.3 Å². The summed E-state index contributed by atoms with van der Waals surface area (Å²) in [6, 6.07) is 16.3. The molecular formula is C23H22FN3O. The van der Waals surface area contributed by atoms with E-state index in [-0.39, 0.29) is 17.8 Å². The molecule has 3 aromatic rings. The van der Waals surface area contributed by atoms with Crippen LogP contribution in [0.5, 0.6) is 0 Å². The molecule has 28 heavy (non-hydrogen) atoms. The van der Waals surface area contributed by atoms with Crippen molar-refractivity contribution in [1.82, 2.24) is 14.9 Å². The van der Waals surface area contributed by atoms with Gasteiger partial charge in [0, 0.05) is 31.1 Å². The quantitative estimate of drug-likeness (QED) is 0.674. The van der Waals surface area contributed by atoms with E-state index in [0.29, 0.717) is 18.4 Å². The summed E-state index contributed by atoms with van der Waals surface area (Å²) in [5.41, 5.74) is 3.29. The molecule has 1 aromatic carbocycles. The number of pyridine rings is 2. The van der Waals surface area contributed by atoms with Gasteiger partial charge in [0.05, 0.1) is 18.2 Å². The van der Waals surface area contributed by atoms with Gasteiger partial charge >= 0.3 is 0 Å². The number of hydrogen-bond acceptors (Lipinski definition) is 3. The molecule has 0 spiro atoms. The number of carbonyl (C=O) groups is 1. The standard InChI is InChI=1S/C23H22FN3O/c24-20-7-2-1-5-18(20)16-19-6-3-8-21(26-19)22-9-4-14-27(22)23(28)15-17-10-12-25-13-11-17/h1-3,5-8,10-13,22H,4,9,14-16H2/t22-/m0/s1. The van der Waals surface area contributed by atoms with Crippen molar-refractivity contribution in [3.05, 3.63) is 95.3 Å². The highest BCUT2D eigenvalue weighted by Gasteiger charge is 2.30. The summed E-state index contributed by atoms with van der Waals surface area (Å²) >= 11 is 0.